The summed E-state index contributed by atoms with van der Waals surface area (Å²) in [5.74, 6) is 0.412. The lowest BCUT2D eigenvalue weighted by Gasteiger charge is -2.27. The number of anilines is 1. The fourth-order valence-electron chi connectivity index (χ4n) is 3.05. The molecule has 2 heterocycles. The molecule has 8 heteroatoms. The molecule has 0 saturated heterocycles. The number of aromatic nitrogens is 1. The van der Waals surface area contributed by atoms with Gasteiger partial charge in [-0.25, -0.2) is 9.37 Å². The van der Waals surface area contributed by atoms with Gasteiger partial charge in [0.2, 0.25) is 0 Å². The topological polar surface area (TPSA) is 68.3 Å². The van der Waals surface area contributed by atoms with Crippen LogP contribution in [-0.2, 0) is 11.1 Å². The molecule has 1 unspecified atom stereocenters. The Labute approximate surface area is 165 Å². The maximum atomic E-state index is 13.1. The third kappa shape index (κ3) is 5.59. The average molecular weight is 409 g/mol. The highest BCUT2D eigenvalue weighted by Gasteiger charge is 2.15. The van der Waals surface area contributed by atoms with Gasteiger partial charge in [-0.1, -0.05) is 29.8 Å². The van der Waals surface area contributed by atoms with E-state index in [1.807, 2.05) is 30.0 Å². The van der Waals surface area contributed by atoms with E-state index < -0.39 is 11.1 Å². The third-order valence-electron chi connectivity index (χ3n) is 4.48. The predicted octanol–water partition coefficient (Wildman–Crippen LogP) is 3.97. The maximum Gasteiger partial charge on any atom is 0.132 e. The van der Waals surface area contributed by atoms with Crippen LogP contribution in [0.3, 0.4) is 0 Å². The minimum atomic E-state index is -2.07. The summed E-state index contributed by atoms with van der Waals surface area (Å²) >= 11 is 4.13. The molecule has 1 aliphatic heterocycles. The zero-order valence-corrected chi connectivity index (χ0v) is 16.4. The van der Waals surface area contributed by atoms with Crippen molar-refractivity contribution in [2.45, 2.75) is 19.4 Å². The van der Waals surface area contributed by atoms with Crippen LogP contribution in [0.15, 0.2) is 42.5 Å². The van der Waals surface area contributed by atoms with Gasteiger partial charge >= 0.3 is 0 Å². The van der Waals surface area contributed by atoms with E-state index in [-0.39, 0.29) is 17.7 Å². The van der Waals surface area contributed by atoms with Gasteiger partial charge in [-0.15, -0.1) is 0 Å². The summed E-state index contributed by atoms with van der Waals surface area (Å²) in [6.07, 6.45) is 2.76. The van der Waals surface area contributed by atoms with Crippen LogP contribution in [0.4, 0.5) is 10.2 Å². The van der Waals surface area contributed by atoms with Crippen molar-refractivity contribution < 1.29 is 13.2 Å². The molecule has 0 bridgehead atoms. The van der Waals surface area contributed by atoms with Crippen molar-refractivity contribution in [2.24, 2.45) is 0 Å². The van der Waals surface area contributed by atoms with Crippen molar-refractivity contribution in [1.29, 1.82) is 0 Å². The lowest BCUT2D eigenvalue weighted by Crippen LogP contribution is -2.31. The predicted molar refractivity (Wildman–Crippen MR) is 106 cm³/mol. The second kappa shape index (κ2) is 8.93. The van der Waals surface area contributed by atoms with E-state index in [1.54, 1.807) is 12.1 Å². The van der Waals surface area contributed by atoms with E-state index in [2.05, 4.69) is 10.3 Å². The number of nitrogens with one attached hydrogen (secondary N) is 1. The first-order valence-electron chi connectivity index (χ1n) is 8.58. The van der Waals surface area contributed by atoms with E-state index in [9.17, 15) is 13.2 Å². The summed E-state index contributed by atoms with van der Waals surface area (Å²) < 4.78 is 34.8. The van der Waals surface area contributed by atoms with Crippen LogP contribution in [0.5, 0.6) is 0 Å². The molecule has 1 N–H and O–H groups in total. The molecule has 1 aliphatic rings. The molecule has 0 fully saturated rings. The van der Waals surface area contributed by atoms with E-state index in [4.69, 9.17) is 11.6 Å². The monoisotopic (exact) mass is 408 g/mol. The first-order chi connectivity index (χ1) is 12.9. The van der Waals surface area contributed by atoms with Gasteiger partial charge in [0.05, 0.1) is 5.88 Å². The van der Waals surface area contributed by atoms with Gasteiger partial charge in [-0.3, -0.25) is 9.11 Å². The number of hydrogen-bond donors (Lipinski definition) is 1. The summed E-state index contributed by atoms with van der Waals surface area (Å²) in [5, 5.41) is 3.68. The Bertz CT molecular complexity index is 861. The van der Waals surface area contributed by atoms with Gasteiger partial charge in [0, 0.05) is 19.1 Å². The first kappa shape index (κ1) is 19.9. The van der Waals surface area contributed by atoms with E-state index in [0.717, 1.165) is 23.1 Å². The van der Waals surface area contributed by atoms with E-state index in [1.165, 1.54) is 12.1 Å². The number of benzene rings is 1. The largest absolute Gasteiger partial charge is 0.771 e. The Morgan fingerprint density at radius 2 is 2.11 bits per heavy atom. The molecule has 1 aromatic heterocycles. The van der Waals surface area contributed by atoms with Crippen LogP contribution in [0.2, 0.25) is 5.15 Å². The van der Waals surface area contributed by atoms with Gasteiger partial charge in [-0.2, -0.15) is 0 Å². The zero-order chi connectivity index (χ0) is 19.4. The lowest BCUT2D eigenvalue weighted by molar-refractivity contribution is 0.341. The highest BCUT2D eigenvalue weighted by atomic mass is 35.5. The SMILES string of the molecule is C[C@H](Nc1cc(C2=CCN(CS(=O)[O-])CC2)cc(Cl)n1)c1ccc(F)cc1. The van der Waals surface area contributed by atoms with Gasteiger partial charge < -0.3 is 9.87 Å². The van der Waals surface area contributed by atoms with E-state index >= 15 is 0 Å². The normalized spacial score (nSPS) is 17.3. The van der Waals surface area contributed by atoms with Gasteiger partial charge in [0.25, 0.3) is 0 Å². The van der Waals surface area contributed by atoms with Gasteiger partial charge in [0.1, 0.15) is 16.8 Å². The average Bonchev–Trinajstić information content (AvgIpc) is 2.62. The minimum Gasteiger partial charge on any atom is -0.771 e. The molecule has 3 rings (SSSR count). The van der Waals surface area contributed by atoms with Crippen LogP contribution in [0.1, 0.15) is 30.5 Å². The standard InChI is InChI=1S/C19H21ClFN3O2S/c1-13(14-2-4-17(21)5-3-14)22-19-11-16(10-18(20)23-19)15-6-8-24(9-7-15)12-27(25)26/h2-6,10-11,13H,7-9,12H2,1H3,(H,22,23)(H,25,26)/p-1/t13-/m0/s1. The number of hydrogen-bond acceptors (Lipinski definition) is 5. The minimum absolute atomic E-state index is 0.0445. The quantitative estimate of drug-likeness (QED) is 0.578. The van der Waals surface area contributed by atoms with Gasteiger partial charge in [0.15, 0.2) is 0 Å². The molecule has 0 spiro atoms. The molecule has 0 aliphatic carbocycles. The Kier molecular flexibility index (Phi) is 6.59. The zero-order valence-electron chi connectivity index (χ0n) is 14.8. The molecular weight excluding hydrogens is 389 g/mol. The second-order valence-corrected chi connectivity index (χ2v) is 7.72. The summed E-state index contributed by atoms with van der Waals surface area (Å²) in [5.41, 5.74) is 3.02. The maximum absolute atomic E-state index is 13.1. The molecule has 2 aromatic rings. The van der Waals surface area contributed by atoms with Crippen LogP contribution in [-0.4, -0.2) is 37.6 Å². The van der Waals surface area contributed by atoms with Crippen molar-refractivity contribution in [2.75, 3.05) is 24.3 Å². The molecule has 5 nitrogen and oxygen atoms in total. The number of halogens is 2. The lowest BCUT2D eigenvalue weighted by atomic mass is 10.0. The molecule has 0 saturated carbocycles. The van der Waals surface area contributed by atoms with Crippen LogP contribution in [0, 0.1) is 5.82 Å². The van der Waals surface area contributed by atoms with Crippen LogP contribution >= 0.6 is 11.6 Å². The molecule has 1 aromatic carbocycles. The highest BCUT2D eigenvalue weighted by Crippen LogP contribution is 2.28. The fraction of sp³-hybridized carbons (Fsp3) is 0.316. The Morgan fingerprint density at radius 1 is 1.37 bits per heavy atom. The molecule has 0 amide bonds. The Hall–Kier alpha value is -1.80. The highest BCUT2D eigenvalue weighted by molar-refractivity contribution is 7.79. The Balaban J connectivity index is 1.74. The summed E-state index contributed by atoms with van der Waals surface area (Å²) in [6.45, 7) is 3.22. The fourth-order valence-corrected chi connectivity index (χ4v) is 3.79. The third-order valence-corrected chi connectivity index (χ3v) is 5.25. The molecule has 2 atom stereocenters. The smallest absolute Gasteiger partial charge is 0.132 e. The van der Waals surface area contributed by atoms with Crippen molar-refractivity contribution in [3.63, 3.8) is 0 Å². The van der Waals surface area contributed by atoms with Gasteiger partial charge in [-0.05, 0) is 65.4 Å². The molecule has 144 valence electrons. The number of rotatable bonds is 6. The number of pyridine rings is 1. The summed E-state index contributed by atoms with van der Waals surface area (Å²) in [6, 6.07) is 10.00. The van der Waals surface area contributed by atoms with Crippen molar-refractivity contribution >= 4 is 34.1 Å². The summed E-state index contributed by atoms with van der Waals surface area (Å²) in [7, 11) is 0. The first-order valence-corrected chi connectivity index (χ1v) is 10.2. The molecular formula is C19H20ClFN3O2S-. The van der Waals surface area contributed by atoms with Crippen molar-refractivity contribution in [3.05, 3.63) is 64.6 Å². The number of nitrogens with zero attached hydrogens (tertiary/aromatic N) is 2. The molecule has 0 radical (unpaired) electrons. The van der Waals surface area contributed by atoms with Crippen LogP contribution in [0.25, 0.3) is 5.57 Å². The second-order valence-electron chi connectivity index (χ2n) is 6.47. The van der Waals surface area contributed by atoms with Crippen molar-refractivity contribution in [3.8, 4) is 0 Å². The Morgan fingerprint density at radius 3 is 2.74 bits per heavy atom. The van der Waals surface area contributed by atoms with E-state index in [0.29, 0.717) is 24.1 Å². The van der Waals surface area contributed by atoms with Crippen LogP contribution < -0.4 is 5.32 Å². The molecule has 27 heavy (non-hydrogen) atoms. The summed E-state index contributed by atoms with van der Waals surface area (Å²) in [4.78, 5) is 6.19. The van der Waals surface area contributed by atoms with Crippen molar-refractivity contribution in [1.82, 2.24) is 9.88 Å².